The predicted octanol–water partition coefficient (Wildman–Crippen LogP) is 2.15. The molecule has 0 aromatic heterocycles. The number of carbonyl (C=O) groups excluding carboxylic acids is 2. The van der Waals surface area contributed by atoms with Gasteiger partial charge in [0.1, 0.15) is 0 Å². The third kappa shape index (κ3) is 5.34. The average Bonchev–Trinajstić information content (AvgIpc) is 2.29. The SMILES string of the molecule is CCOC(=O)CC(C)NC(=O)Nc1ccccc1. The number of para-hydroxylation sites is 1. The van der Waals surface area contributed by atoms with Gasteiger partial charge in [0.05, 0.1) is 13.0 Å². The number of urea groups is 1. The molecule has 0 spiro atoms. The van der Waals surface area contributed by atoms with E-state index in [1.165, 1.54) is 0 Å². The lowest BCUT2D eigenvalue weighted by Crippen LogP contribution is -2.37. The molecule has 0 bridgehead atoms. The van der Waals surface area contributed by atoms with Gasteiger partial charge in [0.25, 0.3) is 0 Å². The Balaban J connectivity index is 2.34. The van der Waals surface area contributed by atoms with Crippen LogP contribution < -0.4 is 10.6 Å². The highest BCUT2D eigenvalue weighted by atomic mass is 16.5. The van der Waals surface area contributed by atoms with Crippen LogP contribution in [0.25, 0.3) is 0 Å². The van der Waals surface area contributed by atoms with Crippen molar-refractivity contribution >= 4 is 17.7 Å². The normalized spacial score (nSPS) is 11.4. The van der Waals surface area contributed by atoms with Crippen molar-refractivity contribution in [3.63, 3.8) is 0 Å². The van der Waals surface area contributed by atoms with E-state index in [1.54, 1.807) is 26.0 Å². The Hall–Kier alpha value is -2.04. The highest BCUT2D eigenvalue weighted by molar-refractivity contribution is 5.89. The number of esters is 1. The second kappa shape index (κ2) is 7.32. The summed E-state index contributed by atoms with van der Waals surface area (Å²) in [5.41, 5.74) is 0.707. The summed E-state index contributed by atoms with van der Waals surface area (Å²) in [5, 5.41) is 5.34. The molecular formula is C13H18N2O3. The van der Waals surface area contributed by atoms with E-state index < -0.39 is 0 Å². The smallest absolute Gasteiger partial charge is 0.319 e. The third-order valence-electron chi connectivity index (χ3n) is 2.19. The molecule has 1 aromatic carbocycles. The maximum absolute atomic E-state index is 11.6. The standard InChI is InChI=1S/C13H18N2O3/c1-3-18-12(16)9-10(2)14-13(17)15-11-7-5-4-6-8-11/h4-8,10H,3,9H2,1-2H3,(H2,14,15,17). The first-order chi connectivity index (χ1) is 8.61. The molecule has 0 saturated carbocycles. The van der Waals surface area contributed by atoms with E-state index in [0.717, 1.165) is 0 Å². The molecule has 0 heterocycles. The minimum atomic E-state index is -0.335. The summed E-state index contributed by atoms with van der Waals surface area (Å²) < 4.78 is 4.80. The van der Waals surface area contributed by atoms with Gasteiger partial charge in [0, 0.05) is 11.7 Å². The van der Waals surface area contributed by atoms with Gasteiger partial charge in [-0.25, -0.2) is 4.79 Å². The molecule has 1 unspecified atom stereocenters. The van der Waals surface area contributed by atoms with Crippen LogP contribution in [0.3, 0.4) is 0 Å². The molecule has 98 valence electrons. The number of amides is 2. The molecule has 1 atom stereocenters. The fraction of sp³-hybridized carbons (Fsp3) is 0.385. The number of nitrogens with one attached hydrogen (secondary N) is 2. The van der Waals surface area contributed by atoms with Gasteiger partial charge in [-0.05, 0) is 26.0 Å². The maximum atomic E-state index is 11.6. The first-order valence-electron chi connectivity index (χ1n) is 5.90. The van der Waals surface area contributed by atoms with Crippen LogP contribution in [0.15, 0.2) is 30.3 Å². The lowest BCUT2D eigenvalue weighted by molar-refractivity contribution is -0.143. The van der Waals surface area contributed by atoms with Gasteiger partial charge in [0.2, 0.25) is 0 Å². The monoisotopic (exact) mass is 250 g/mol. The summed E-state index contributed by atoms with van der Waals surface area (Å²) in [6, 6.07) is 8.50. The second-order valence-corrected chi connectivity index (χ2v) is 3.87. The molecule has 1 aromatic rings. The Kier molecular flexibility index (Phi) is 5.70. The molecule has 5 nitrogen and oxygen atoms in total. The molecule has 1 rings (SSSR count). The van der Waals surface area contributed by atoms with Gasteiger partial charge >= 0.3 is 12.0 Å². The minimum Gasteiger partial charge on any atom is -0.466 e. The number of ether oxygens (including phenoxy) is 1. The van der Waals surface area contributed by atoms with Crippen LogP contribution in [-0.2, 0) is 9.53 Å². The average molecular weight is 250 g/mol. The molecule has 0 radical (unpaired) electrons. The van der Waals surface area contributed by atoms with Gasteiger partial charge in [-0.3, -0.25) is 4.79 Å². The number of hydrogen-bond donors (Lipinski definition) is 2. The molecule has 5 heteroatoms. The highest BCUT2D eigenvalue weighted by Crippen LogP contribution is 2.04. The van der Waals surface area contributed by atoms with E-state index in [4.69, 9.17) is 4.74 Å². The maximum Gasteiger partial charge on any atom is 0.319 e. The van der Waals surface area contributed by atoms with E-state index >= 15 is 0 Å². The van der Waals surface area contributed by atoms with Crippen LogP contribution in [0.2, 0.25) is 0 Å². The molecule has 0 aliphatic heterocycles. The van der Waals surface area contributed by atoms with Crippen molar-refractivity contribution in [2.75, 3.05) is 11.9 Å². The van der Waals surface area contributed by atoms with Crippen molar-refractivity contribution in [2.24, 2.45) is 0 Å². The topological polar surface area (TPSA) is 67.4 Å². The van der Waals surface area contributed by atoms with Crippen LogP contribution in [0.4, 0.5) is 10.5 Å². The van der Waals surface area contributed by atoms with E-state index in [2.05, 4.69) is 10.6 Å². The van der Waals surface area contributed by atoms with Crippen molar-refractivity contribution in [3.05, 3.63) is 30.3 Å². The summed E-state index contributed by atoms with van der Waals surface area (Å²) in [5.74, 6) is -0.315. The van der Waals surface area contributed by atoms with Crippen molar-refractivity contribution in [2.45, 2.75) is 26.3 Å². The Morgan fingerprint density at radius 3 is 2.56 bits per heavy atom. The molecule has 0 aliphatic rings. The second-order valence-electron chi connectivity index (χ2n) is 3.87. The first kappa shape index (κ1) is 14.0. The molecule has 0 fully saturated rings. The fourth-order valence-corrected chi connectivity index (χ4v) is 1.43. The van der Waals surface area contributed by atoms with Gasteiger partial charge in [-0.2, -0.15) is 0 Å². The number of anilines is 1. The Morgan fingerprint density at radius 1 is 1.28 bits per heavy atom. The zero-order valence-corrected chi connectivity index (χ0v) is 10.6. The Morgan fingerprint density at radius 2 is 1.94 bits per heavy atom. The highest BCUT2D eigenvalue weighted by Gasteiger charge is 2.12. The third-order valence-corrected chi connectivity index (χ3v) is 2.19. The first-order valence-corrected chi connectivity index (χ1v) is 5.90. The number of carbonyl (C=O) groups is 2. The molecular weight excluding hydrogens is 232 g/mol. The summed E-state index contributed by atoms with van der Waals surface area (Å²) in [6.45, 7) is 3.85. The van der Waals surface area contributed by atoms with Gasteiger partial charge < -0.3 is 15.4 Å². The summed E-state index contributed by atoms with van der Waals surface area (Å²) in [7, 11) is 0. The summed E-state index contributed by atoms with van der Waals surface area (Å²) >= 11 is 0. The number of rotatable bonds is 5. The van der Waals surface area contributed by atoms with Crippen molar-refractivity contribution in [3.8, 4) is 0 Å². The minimum absolute atomic E-state index is 0.163. The molecule has 0 aliphatic carbocycles. The van der Waals surface area contributed by atoms with E-state index in [1.807, 2.05) is 18.2 Å². The zero-order valence-electron chi connectivity index (χ0n) is 10.6. The van der Waals surface area contributed by atoms with E-state index in [-0.39, 0.29) is 24.5 Å². The number of benzene rings is 1. The van der Waals surface area contributed by atoms with Crippen molar-refractivity contribution in [1.82, 2.24) is 5.32 Å². The summed E-state index contributed by atoms with van der Waals surface area (Å²) in [6.07, 6.45) is 0.163. The molecule has 0 saturated heterocycles. The van der Waals surface area contributed by atoms with Crippen LogP contribution in [0, 0.1) is 0 Å². The molecule has 2 N–H and O–H groups in total. The van der Waals surface area contributed by atoms with E-state index in [9.17, 15) is 9.59 Å². The quantitative estimate of drug-likeness (QED) is 0.787. The van der Waals surface area contributed by atoms with Crippen LogP contribution in [-0.4, -0.2) is 24.6 Å². The fourth-order valence-electron chi connectivity index (χ4n) is 1.43. The van der Waals surface area contributed by atoms with Crippen molar-refractivity contribution < 1.29 is 14.3 Å². The van der Waals surface area contributed by atoms with Crippen LogP contribution in [0.1, 0.15) is 20.3 Å². The molecule has 2 amide bonds. The summed E-state index contributed by atoms with van der Waals surface area (Å²) in [4.78, 5) is 22.8. The molecule has 18 heavy (non-hydrogen) atoms. The van der Waals surface area contributed by atoms with Crippen molar-refractivity contribution in [1.29, 1.82) is 0 Å². The Labute approximate surface area is 107 Å². The van der Waals surface area contributed by atoms with Crippen LogP contribution in [0.5, 0.6) is 0 Å². The van der Waals surface area contributed by atoms with Crippen LogP contribution >= 0.6 is 0 Å². The van der Waals surface area contributed by atoms with E-state index in [0.29, 0.717) is 12.3 Å². The largest absolute Gasteiger partial charge is 0.466 e. The van der Waals surface area contributed by atoms with Gasteiger partial charge in [-0.15, -0.1) is 0 Å². The van der Waals surface area contributed by atoms with Gasteiger partial charge in [0.15, 0.2) is 0 Å². The lowest BCUT2D eigenvalue weighted by atomic mass is 10.2. The van der Waals surface area contributed by atoms with Gasteiger partial charge in [-0.1, -0.05) is 18.2 Å². The number of hydrogen-bond acceptors (Lipinski definition) is 3. The lowest BCUT2D eigenvalue weighted by Gasteiger charge is -2.13. The zero-order chi connectivity index (χ0) is 13.4. The Bertz CT molecular complexity index is 392. The predicted molar refractivity (Wildman–Crippen MR) is 69.3 cm³/mol.